The number of carbonyl (C=O) groups excluding carboxylic acids is 2. The average molecular weight is 451 g/mol. The summed E-state index contributed by atoms with van der Waals surface area (Å²) in [4.78, 5) is 34.2. The zero-order valence-corrected chi connectivity index (χ0v) is 19.1. The molecule has 0 saturated carbocycles. The number of amides is 2. The van der Waals surface area contributed by atoms with E-state index in [1.54, 1.807) is 18.2 Å². The minimum atomic E-state index is -0.0290. The van der Waals surface area contributed by atoms with E-state index in [1.165, 1.54) is 18.4 Å². The fourth-order valence-electron chi connectivity index (χ4n) is 4.88. The van der Waals surface area contributed by atoms with Gasteiger partial charge in [0.2, 0.25) is 5.91 Å². The van der Waals surface area contributed by atoms with E-state index in [0.29, 0.717) is 56.5 Å². The van der Waals surface area contributed by atoms with Crippen LogP contribution in [-0.2, 0) is 24.3 Å². The molecule has 1 aromatic heterocycles. The van der Waals surface area contributed by atoms with Gasteiger partial charge in [0.15, 0.2) is 11.5 Å². The van der Waals surface area contributed by atoms with Gasteiger partial charge in [0, 0.05) is 37.1 Å². The third kappa shape index (κ3) is 4.66. The fourth-order valence-corrected chi connectivity index (χ4v) is 4.88. The molecule has 2 amide bonds. The zero-order chi connectivity index (χ0) is 22.8. The number of aromatic nitrogens is 1. The summed E-state index contributed by atoms with van der Waals surface area (Å²) in [5.74, 6) is 1.32. The molecule has 1 aromatic carbocycles. The number of benzene rings is 1. The number of aryl methyl sites for hydroxylation is 1. The van der Waals surface area contributed by atoms with Gasteiger partial charge in [-0.2, -0.15) is 0 Å². The first kappa shape index (κ1) is 21.7. The number of rotatable bonds is 5. The topological polar surface area (TPSA) is 84.0 Å². The van der Waals surface area contributed by atoms with Gasteiger partial charge in [-0.25, -0.2) is 0 Å². The summed E-state index contributed by atoms with van der Waals surface area (Å²) in [6.45, 7) is 7.06. The SMILES string of the molecule is Cc1ncc2c(c1CNC(=O)CN1CCCC1)CCN(C(=O)c1ccc3c(c1)OCCO3)C2. The molecule has 33 heavy (non-hydrogen) atoms. The van der Waals surface area contributed by atoms with Gasteiger partial charge < -0.3 is 19.7 Å². The lowest BCUT2D eigenvalue weighted by Gasteiger charge is -2.31. The minimum Gasteiger partial charge on any atom is -0.486 e. The van der Waals surface area contributed by atoms with Crippen LogP contribution in [0.4, 0.5) is 0 Å². The monoisotopic (exact) mass is 450 g/mol. The predicted octanol–water partition coefficient (Wildman–Crippen LogP) is 2.07. The van der Waals surface area contributed by atoms with Crippen molar-refractivity contribution in [3.05, 3.63) is 52.3 Å². The highest BCUT2D eigenvalue weighted by molar-refractivity contribution is 5.95. The van der Waals surface area contributed by atoms with Crippen molar-refractivity contribution in [2.45, 2.75) is 39.3 Å². The Morgan fingerprint density at radius 3 is 2.70 bits per heavy atom. The Morgan fingerprint density at radius 1 is 1.09 bits per heavy atom. The molecule has 0 spiro atoms. The van der Waals surface area contributed by atoms with Gasteiger partial charge in [-0.3, -0.25) is 19.5 Å². The van der Waals surface area contributed by atoms with E-state index >= 15 is 0 Å². The van der Waals surface area contributed by atoms with Crippen LogP contribution in [0.2, 0.25) is 0 Å². The molecule has 174 valence electrons. The summed E-state index contributed by atoms with van der Waals surface area (Å²) >= 11 is 0. The Hall–Kier alpha value is -3.13. The molecule has 1 N–H and O–H groups in total. The molecule has 3 aliphatic rings. The second kappa shape index (κ2) is 9.39. The number of nitrogens with one attached hydrogen (secondary N) is 1. The molecule has 0 radical (unpaired) electrons. The van der Waals surface area contributed by atoms with E-state index < -0.39 is 0 Å². The standard InChI is InChI=1S/C25H30N4O4/c1-17-21(14-27-24(30)16-28-7-2-3-8-28)20-6-9-29(15-19(20)13-26-17)25(31)18-4-5-22-23(12-18)33-11-10-32-22/h4-5,12-13H,2-3,6-11,14-16H2,1H3,(H,27,30). The molecule has 8 nitrogen and oxygen atoms in total. The summed E-state index contributed by atoms with van der Waals surface area (Å²) in [6, 6.07) is 5.36. The quantitative estimate of drug-likeness (QED) is 0.751. The second-order valence-corrected chi connectivity index (χ2v) is 8.92. The molecule has 0 bridgehead atoms. The Morgan fingerprint density at radius 2 is 1.88 bits per heavy atom. The maximum Gasteiger partial charge on any atom is 0.254 e. The Labute approximate surface area is 193 Å². The van der Waals surface area contributed by atoms with Crippen LogP contribution in [0.1, 0.15) is 45.6 Å². The van der Waals surface area contributed by atoms with Crippen LogP contribution < -0.4 is 14.8 Å². The third-order valence-corrected chi connectivity index (χ3v) is 6.70. The highest BCUT2D eigenvalue weighted by Crippen LogP contribution is 2.32. The largest absolute Gasteiger partial charge is 0.486 e. The van der Waals surface area contributed by atoms with Gasteiger partial charge in [-0.1, -0.05) is 0 Å². The maximum atomic E-state index is 13.2. The van der Waals surface area contributed by atoms with Crippen LogP contribution in [0.25, 0.3) is 0 Å². The number of fused-ring (bicyclic) bond motifs is 2. The van der Waals surface area contributed by atoms with E-state index in [-0.39, 0.29) is 11.8 Å². The van der Waals surface area contributed by atoms with Crippen molar-refractivity contribution < 1.29 is 19.1 Å². The lowest BCUT2D eigenvalue weighted by molar-refractivity contribution is -0.122. The summed E-state index contributed by atoms with van der Waals surface area (Å²) in [7, 11) is 0. The summed E-state index contributed by atoms with van der Waals surface area (Å²) < 4.78 is 11.2. The molecule has 0 atom stereocenters. The molecule has 5 rings (SSSR count). The van der Waals surface area contributed by atoms with Crippen LogP contribution in [0.3, 0.4) is 0 Å². The summed E-state index contributed by atoms with van der Waals surface area (Å²) in [5, 5.41) is 3.08. The Balaban J connectivity index is 1.26. The summed E-state index contributed by atoms with van der Waals surface area (Å²) in [6.07, 6.45) is 4.95. The van der Waals surface area contributed by atoms with E-state index in [4.69, 9.17) is 9.47 Å². The van der Waals surface area contributed by atoms with Crippen molar-refractivity contribution in [1.29, 1.82) is 0 Å². The molecule has 1 fully saturated rings. The van der Waals surface area contributed by atoms with Crippen molar-refractivity contribution >= 4 is 11.8 Å². The predicted molar refractivity (Wildman–Crippen MR) is 122 cm³/mol. The lowest BCUT2D eigenvalue weighted by Crippen LogP contribution is -2.38. The first-order valence-electron chi connectivity index (χ1n) is 11.7. The van der Waals surface area contributed by atoms with Crippen LogP contribution in [0.15, 0.2) is 24.4 Å². The van der Waals surface area contributed by atoms with Crippen LogP contribution >= 0.6 is 0 Å². The summed E-state index contributed by atoms with van der Waals surface area (Å²) in [5.41, 5.74) is 4.85. The van der Waals surface area contributed by atoms with Gasteiger partial charge in [0.25, 0.3) is 5.91 Å². The molecule has 4 heterocycles. The molecule has 2 aromatic rings. The first-order chi connectivity index (χ1) is 16.1. The van der Waals surface area contributed by atoms with Crippen molar-refractivity contribution in [2.24, 2.45) is 0 Å². The zero-order valence-electron chi connectivity index (χ0n) is 19.1. The molecule has 0 aliphatic carbocycles. The van der Waals surface area contributed by atoms with Gasteiger partial charge in [-0.05, 0) is 74.2 Å². The molecular weight excluding hydrogens is 420 g/mol. The van der Waals surface area contributed by atoms with Crippen LogP contribution in [0, 0.1) is 6.92 Å². The lowest BCUT2D eigenvalue weighted by atomic mass is 9.94. The number of hydrogen-bond donors (Lipinski definition) is 1. The normalized spacial score (nSPS) is 17.5. The van der Waals surface area contributed by atoms with E-state index in [0.717, 1.165) is 36.3 Å². The van der Waals surface area contributed by atoms with Crippen molar-refractivity contribution in [1.82, 2.24) is 20.1 Å². The molecular formula is C25H30N4O4. The molecule has 1 saturated heterocycles. The minimum absolute atomic E-state index is 0.0290. The van der Waals surface area contributed by atoms with Gasteiger partial charge in [0.1, 0.15) is 13.2 Å². The average Bonchev–Trinajstić information content (AvgIpc) is 3.35. The smallest absolute Gasteiger partial charge is 0.254 e. The van der Waals surface area contributed by atoms with Crippen LogP contribution in [0.5, 0.6) is 11.5 Å². The maximum absolute atomic E-state index is 13.2. The van der Waals surface area contributed by atoms with Crippen molar-refractivity contribution in [3.63, 3.8) is 0 Å². The van der Waals surface area contributed by atoms with E-state index in [9.17, 15) is 9.59 Å². The molecule has 3 aliphatic heterocycles. The molecule has 8 heteroatoms. The fraction of sp³-hybridized carbons (Fsp3) is 0.480. The van der Waals surface area contributed by atoms with E-state index in [1.807, 2.05) is 18.0 Å². The molecule has 0 unspecified atom stereocenters. The van der Waals surface area contributed by atoms with Gasteiger partial charge in [0.05, 0.1) is 6.54 Å². The number of likely N-dealkylation sites (tertiary alicyclic amines) is 1. The van der Waals surface area contributed by atoms with Crippen LogP contribution in [-0.4, -0.2) is 66.0 Å². The van der Waals surface area contributed by atoms with Crippen molar-refractivity contribution in [3.8, 4) is 11.5 Å². The third-order valence-electron chi connectivity index (χ3n) is 6.70. The number of pyridine rings is 1. The first-order valence-corrected chi connectivity index (χ1v) is 11.7. The van der Waals surface area contributed by atoms with Gasteiger partial charge >= 0.3 is 0 Å². The second-order valence-electron chi connectivity index (χ2n) is 8.92. The number of nitrogens with zero attached hydrogens (tertiary/aromatic N) is 3. The van der Waals surface area contributed by atoms with E-state index in [2.05, 4.69) is 15.2 Å². The van der Waals surface area contributed by atoms with Crippen molar-refractivity contribution in [2.75, 3.05) is 39.4 Å². The van der Waals surface area contributed by atoms with Gasteiger partial charge in [-0.15, -0.1) is 0 Å². The number of carbonyl (C=O) groups is 2. The highest BCUT2D eigenvalue weighted by atomic mass is 16.6. The Bertz CT molecular complexity index is 1060. The Kier molecular flexibility index (Phi) is 6.17. The number of ether oxygens (including phenoxy) is 2. The highest BCUT2D eigenvalue weighted by Gasteiger charge is 2.26. The number of hydrogen-bond acceptors (Lipinski definition) is 6.